The second-order valence-electron chi connectivity index (χ2n) is 3.78. The van der Waals surface area contributed by atoms with E-state index in [0.717, 1.165) is 11.9 Å². The van der Waals surface area contributed by atoms with Gasteiger partial charge in [-0.1, -0.05) is 11.6 Å². The Kier molecular flexibility index (Phi) is 4.29. The summed E-state index contributed by atoms with van der Waals surface area (Å²) in [5.41, 5.74) is 1.54. The van der Waals surface area contributed by atoms with Crippen LogP contribution in [0.4, 0.5) is 18.9 Å². The lowest BCUT2D eigenvalue weighted by molar-refractivity contribution is -0.143. The van der Waals surface area contributed by atoms with E-state index in [9.17, 15) is 18.0 Å². The summed E-state index contributed by atoms with van der Waals surface area (Å²) in [5, 5.41) is 7.70. The Morgan fingerprint density at radius 2 is 2.20 bits per heavy atom. The van der Waals surface area contributed by atoms with Gasteiger partial charge in [0.05, 0.1) is 29.6 Å². The largest absolute Gasteiger partial charge is 0.408 e. The van der Waals surface area contributed by atoms with Crippen molar-refractivity contribution in [1.29, 1.82) is 0 Å². The highest BCUT2D eigenvalue weighted by Gasteiger charge is 2.29. The van der Waals surface area contributed by atoms with Crippen molar-refractivity contribution >= 4 is 28.6 Å². The number of anilines is 1. The molecule has 5 nitrogen and oxygen atoms in total. The fourth-order valence-corrected chi connectivity index (χ4v) is 2.15. The van der Waals surface area contributed by atoms with Gasteiger partial charge in [-0.3, -0.25) is 4.79 Å². The molecule has 1 N–H and O–H groups in total. The zero-order valence-electron chi connectivity index (χ0n) is 9.82. The molecule has 0 aliphatic rings. The van der Waals surface area contributed by atoms with Crippen LogP contribution < -0.4 is 10.9 Å². The summed E-state index contributed by atoms with van der Waals surface area (Å²) in [6.07, 6.45) is -3.45. The van der Waals surface area contributed by atoms with Crippen LogP contribution >= 0.6 is 22.9 Å². The lowest BCUT2D eigenvalue weighted by Crippen LogP contribution is -2.30. The van der Waals surface area contributed by atoms with Crippen LogP contribution in [0.15, 0.2) is 21.9 Å². The molecule has 0 aromatic carbocycles. The van der Waals surface area contributed by atoms with E-state index in [1.165, 1.54) is 11.3 Å². The number of hydrogen-bond acceptors (Lipinski definition) is 5. The highest BCUT2D eigenvalue weighted by Crippen LogP contribution is 2.19. The number of nitrogens with one attached hydrogen (secondary N) is 1. The molecule has 2 heterocycles. The minimum absolute atomic E-state index is 0.170. The normalized spacial score (nSPS) is 11.6. The second-order valence-corrected chi connectivity index (χ2v) is 4.88. The van der Waals surface area contributed by atoms with E-state index in [-0.39, 0.29) is 15.4 Å². The van der Waals surface area contributed by atoms with Crippen molar-refractivity contribution in [3.05, 3.63) is 38.2 Å². The molecule has 10 heteroatoms. The minimum atomic E-state index is -4.53. The first kappa shape index (κ1) is 14.8. The summed E-state index contributed by atoms with van der Waals surface area (Å²) in [7, 11) is 0. The molecule has 0 fully saturated rings. The maximum Gasteiger partial charge on any atom is 0.408 e. The van der Waals surface area contributed by atoms with E-state index in [0.29, 0.717) is 6.54 Å². The van der Waals surface area contributed by atoms with Crippen LogP contribution in [-0.4, -0.2) is 20.9 Å². The molecule has 0 amide bonds. The van der Waals surface area contributed by atoms with Crippen molar-refractivity contribution in [2.24, 2.45) is 0 Å². The van der Waals surface area contributed by atoms with Crippen molar-refractivity contribution in [1.82, 2.24) is 14.8 Å². The molecule has 2 aromatic rings. The van der Waals surface area contributed by atoms with Crippen LogP contribution in [-0.2, 0) is 13.1 Å². The molecule has 0 saturated heterocycles. The monoisotopic (exact) mass is 324 g/mol. The van der Waals surface area contributed by atoms with Crippen molar-refractivity contribution < 1.29 is 13.2 Å². The third-order valence-corrected chi connectivity index (χ3v) is 3.26. The Balaban J connectivity index is 2.16. The topological polar surface area (TPSA) is 59.8 Å². The predicted molar refractivity (Wildman–Crippen MR) is 69.0 cm³/mol. The molecular weight excluding hydrogens is 317 g/mol. The van der Waals surface area contributed by atoms with Gasteiger partial charge in [-0.25, -0.2) is 9.67 Å². The van der Waals surface area contributed by atoms with E-state index in [4.69, 9.17) is 11.6 Å². The highest BCUT2D eigenvalue weighted by atomic mass is 35.5. The van der Waals surface area contributed by atoms with Crippen LogP contribution in [0.3, 0.4) is 0 Å². The third-order valence-electron chi connectivity index (χ3n) is 2.26. The molecule has 0 radical (unpaired) electrons. The first-order chi connectivity index (χ1) is 9.37. The molecule has 0 aliphatic heterocycles. The lowest BCUT2D eigenvalue weighted by Gasteiger charge is -2.11. The van der Waals surface area contributed by atoms with Gasteiger partial charge in [0.15, 0.2) is 0 Å². The molecular formula is C10H8ClF3N4OS. The van der Waals surface area contributed by atoms with Crippen LogP contribution in [0.2, 0.25) is 5.02 Å². The SMILES string of the molecule is O=c1c(Cl)c(NCc2cscn2)cnn1CC(F)(F)F. The highest BCUT2D eigenvalue weighted by molar-refractivity contribution is 7.07. The molecule has 0 unspecified atom stereocenters. The Hall–Kier alpha value is -1.61. The van der Waals surface area contributed by atoms with Crippen molar-refractivity contribution in [2.75, 3.05) is 5.32 Å². The average Bonchev–Trinajstić information content (AvgIpc) is 2.86. The minimum Gasteiger partial charge on any atom is -0.377 e. The number of hydrogen-bond donors (Lipinski definition) is 1. The first-order valence-electron chi connectivity index (χ1n) is 5.30. The lowest BCUT2D eigenvalue weighted by atomic mass is 10.4. The van der Waals surface area contributed by atoms with Crippen LogP contribution in [0.1, 0.15) is 5.69 Å². The summed E-state index contributed by atoms with van der Waals surface area (Å²) in [4.78, 5) is 15.7. The fraction of sp³-hybridized carbons (Fsp3) is 0.300. The zero-order valence-corrected chi connectivity index (χ0v) is 11.4. The van der Waals surface area contributed by atoms with Gasteiger partial charge in [0.1, 0.15) is 11.6 Å². The van der Waals surface area contributed by atoms with Gasteiger partial charge in [-0.2, -0.15) is 18.3 Å². The fourth-order valence-electron chi connectivity index (χ4n) is 1.38. The Morgan fingerprint density at radius 1 is 1.45 bits per heavy atom. The standard InChI is InChI=1S/C10H8ClF3N4OS/c11-8-7(15-1-6-3-20-5-16-6)2-17-18(9(8)19)4-10(12,13)14/h2-3,5,15H,1,4H2. The summed E-state index contributed by atoms with van der Waals surface area (Å²) in [6, 6.07) is 0. The van der Waals surface area contributed by atoms with Gasteiger partial charge in [-0.05, 0) is 0 Å². The molecule has 0 spiro atoms. The molecule has 0 aliphatic carbocycles. The van der Waals surface area contributed by atoms with E-state index < -0.39 is 18.3 Å². The van der Waals surface area contributed by atoms with E-state index in [1.54, 1.807) is 10.9 Å². The maximum atomic E-state index is 12.2. The van der Waals surface area contributed by atoms with E-state index in [1.807, 2.05) is 0 Å². The van der Waals surface area contributed by atoms with Crippen LogP contribution in [0, 0.1) is 0 Å². The zero-order chi connectivity index (χ0) is 14.8. The number of halogens is 4. The van der Waals surface area contributed by atoms with Crippen molar-refractivity contribution in [2.45, 2.75) is 19.3 Å². The molecule has 2 aromatic heterocycles. The summed E-state index contributed by atoms with van der Waals surface area (Å²) in [5.74, 6) is 0. The Bertz CT molecular complexity index is 641. The molecule has 0 bridgehead atoms. The quantitative estimate of drug-likeness (QED) is 0.939. The van der Waals surface area contributed by atoms with Crippen LogP contribution in [0.5, 0.6) is 0 Å². The number of rotatable bonds is 4. The van der Waals surface area contributed by atoms with Gasteiger partial charge >= 0.3 is 6.18 Å². The van der Waals surface area contributed by atoms with E-state index >= 15 is 0 Å². The van der Waals surface area contributed by atoms with Gasteiger partial charge in [0.25, 0.3) is 5.56 Å². The van der Waals surface area contributed by atoms with E-state index in [2.05, 4.69) is 15.4 Å². The number of thiazole rings is 1. The maximum absolute atomic E-state index is 12.2. The molecule has 2 rings (SSSR count). The summed E-state index contributed by atoms with van der Waals surface area (Å²) in [6.45, 7) is -1.18. The average molecular weight is 325 g/mol. The summed E-state index contributed by atoms with van der Waals surface area (Å²) >= 11 is 7.15. The van der Waals surface area contributed by atoms with Gasteiger partial charge in [0, 0.05) is 5.38 Å². The van der Waals surface area contributed by atoms with Gasteiger partial charge in [0.2, 0.25) is 0 Å². The summed E-state index contributed by atoms with van der Waals surface area (Å²) < 4.78 is 36.9. The van der Waals surface area contributed by atoms with Crippen molar-refractivity contribution in [3.8, 4) is 0 Å². The number of alkyl halides is 3. The van der Waals surface area contributed by atoms with Crippen LogP contribution in [0.25, 0.3) is 0 Å². The molecule has 108 valence electrons. The smallest absolute Gasteiger partial charge is 0.377 e. The van der Waals surface area contributed by atoms with Gasteiger partial charge in [-0.15, -0.1) is 11.3 Å². The predicted octanol–water partition coefficient (Wildman–Crippen LogP) is 2.53. The number of aromatic nitrogens is 3. The third kappa shape index (κ3) is 3.70. The Labute approximate surface area is 120 Å². The Morgan fingerprint density at radius 3 is 2.80 bits per heavy atom. The number of nitrogens with zero attached hydrogens (tertiary/aromatic N) is 3. The van der Waals surface area contributed by atoms with Crippen molar-refractivity contribution in [3.63, 3.8) is 0 Å². The second kappa shape index (κ2) is 5.80. The molecule has 20 heavy (non-hydrogen) atoms. The first-order valence-corrected chi connectivity index (χ1v) is 6.62. The molecule has 0 saturated carbocycles. The molecule has 0 atom stereocenters. The van der Waals surface area contributed by atoms with Gasteiger partial charge < -0.3 is 5.32 Å².